The highest BCUT2D eigenvalue weighted by atomic mass is 127. The van der Waals surface area contributed by atoms with Crippen LogP contribution in [-0.2, 0) is 11.2 Å². The van der Waals surface area contributed by atoms with Crippen LogP contribution in [0.15, 0.2) is 29.4 Å². The number of amides is 1. The van der Waals surface area contributed by atoms with Crippen molar-refractivity contribution in [1.82, 2.24) is 20.5 Å². The number of hydrogen-bond donors (Lipinski definition) is 3. The van der Waals surface area contributed by atoms with Crippen molar-refractivity contribution >= 4 is 46.7 Å². The van der Waals surface area contributed by atoms with E-state index in [4.69, 9.17) is 4.99 Å². The molecule has 0 bridgehead atoms. The number of aromatic amines is 1. The SMILES string of the molecule is CCNC(=NCCCN1CCCCCC1=O)NCCc1c[nH]c2c(C)cccc12.I. The van der Waals surface area contributed by atoms with Crippen LogP contribution in [0.2, 0.25) is 0 Å². The fourth-order valence-corrected chi connectivity index (χ4v) is 3.96. The maximum Gasteiger partial charge on any atom is 0.222 e. The number of likely N-dealkylation sites (tertiary alicyclic amines) is 1. The normalized spacial score (nSPS) is 15.1. The highest BCUT2D eigenvalue weighted by Crippen LogP contribution is 2.21. The standard InChI is InChI=1S/C23H35N5O.HI/c1-3-24-23(25-13-8-16-28-15-6-4-5-11-21(28)29)26-14-12-19-17-27-22-18(2)9-7-10-20(19)22;/h7,9-10,17,27H,3-6,8,11-16H2,1-2H3,(H2,24,25,26);1H. The van der Waals surface area contributed by atoms with Crippen molar-refractivity contribution in [3.63, 3.8) is 0 Å². The van der Waals surface area contributed by atoms with Gasteiger partial charge < -0.3 is 20.5 Å². The van der Waals surface area contributed by atoms with Crippen LogP contribution < -0.4 is 10.6 Å². The van der Waals surface area contributed by atoms with E-state index in [2.05, 4.69) is 53.9 Å². The fraction of sp³-hybridized carbons (Fsp3) is 0.565. The molecule has 6 nitrogen and oxygen atoms in total. The molecule has 7 heteroatoms. The third-order valence-electron chi connectivity index (χ3n) is 5.57. The molecule has 3 rings (SSSR count). The molecule has 3 N–H and O–H groups in total. The number of nitrogens with one attached hydrogen (secondary N) is 3. The average Bonchev–Trinajstić information content (AvgIpc) is 3.02. The maximum atomic E-state index is 12.1. The van der Waals surface area contributed by atoms with E-state index < -0.39 is 0 Å². The summed E-state index contributed by atoms with van der Waals surface area (Å²) in [6, 6.07) is 6.43. The molecule has 0 atom stereocenters. The van der Waals surface area contributed by atoms with Gasteiger partial charge in [0.2, 0.25) is 5.91 Å². The molecular weight excluding hydrogens is 489 g/mol. The quantitative estimate of drug-likeness (QED) is 0.211. The number of benzene rings is 1. The maximum absolute atomic E-state index is 12.1. The number of fused-ring (bicyclic) bond motifs is 1. The first-order valence-electron chi connectivity index (χ1n) is 11.0. The predicted octanol–water partition coefficient (Wildman–Crippen LogP) is 3.98. The van der Waals surface area contributed by atoms with Crippen LogP contribution in [0.4, 0.5) is 0 Å². The minimum atomic E-state index is 0. The van der Waals surface area contributed by atoms with Crippen molar-refractivity contribution in [2.45, 2.75) is 52.4 Å². The van der Waals surface area contributed by atoms with Gasteiger partial charge >= 0.3 is 0 Å². The van der Waals surface area contributed by atoms with Crippen molar-refractivity contribution in [3.8, 4) is 0 Å². The molecule has 1 aromatic heterocycles. The average molecular weight is 525 g/mol. The van der Waals surface area contributed by atoms with Crippen LogP contribution in [-0.4, -0.2) is 54.5 Å². The van der Waals surface area contributed by atoms with Gasteiger partial charge in [0.1, 0.15) is 0 Å². The van der Waals surface area contributed by atoms with Gasteiger partial charge in [-0.05, 0) is 50.7 Å². The molecule has 166 valence electrons. The number of rotatable bonds is 8. The molecule has 1 aliphatic rings. The monoisotopic (exact) mass is 525 g/mol. The Balaban J connectivity index is 0.00000320. The number of nitrogens with zero attached hydrogens (tertiary/aromatic N) is 2. The first kappa shape index (κ1) is 24.5. The summed E-state index contributed by atoms with van der Waals surface area (Å²) < 4.78 is 0. The molecule has 2 heterocycles. The van der Waals surface area contributed by atoms with Crippen LogP contribution >= 0.6 is 24.0 Å². The van der Waals surface area contributed by atoms with Crippen molar-refractivity contribution in [2.75, 3.05) is 32.7 Å². The lowest BCUT2D eigenvalue weighted by Crippen LogP contribution is -2.38. The zero-order chi connectivity index (χ0) is 20.5. The number of halogens is 1. The first-order valence-corrected chi connectivity index (χ1v) is 11.0. The van der Waals surface area contributed by atoms with E-state index in [0.717, 1.165) is 64.4 Å². The number of carbonyl (C=O) groups excluding carboxylic acids is 1. The van der Waals surface area contributed by atoms with E-state index in [-0.39, 0.29) is 24.0 Å². The lowest BCUT2D eigenvalue weighted by atomic mass is 10.1. The molecule has 2 aromatic rings. The van der Waals surface area contributed by atoms with E-state index in [1.165, 1.54) is 28.5 Å². The van der Waals surface area contributed by atoms with Gasteiger partial charge in [0, 0.05) is 56.2 Å². The fourth-order valence-electron chi connectivity index (χ4n) is 3.96. The molecule has 1 saturated heterocycles. The van der Waals surface area contributed by atoms with Crippen LogP contribution in [0.3, 0.4) is 0 Å². The van der Waals surface area contributed by atoms with Gasteiger partial charge in [-0.3, -0.25) is 9.79 Å². The topological polar surface area (TPSA) is 72.5 Å². The van der Waals surface area contributed by atoms with Gasteiger partial charge in [0.25, 0.3) is 0 Å². The van der Waals surface area contributed by atoms with Crippen molar-refractivity contribution in [1.29, 1.82) is 0 Å². The molecule has 0 unspecified atom stereocenters. The van der Waals surface area contributed by atoms with Crippen LogP contribution in [0.25, 0.3) is 10.9 Å². The Labute approximate surface area is 197 Å². The lowest BCUT2D eigenvalue weighted by molar-refractivity contribution is -0.130. The minimum Gasteiger partial charge on any atom is -0.361 e. The largest absolute Gasteiger partial charge is 0.361 e. The second-order valence-corrected chi connectivity index (χ2v) is 7.79. The summed E-state index contributed by atoms with van der Waals surface area (Å²) in [6.45, 7) is 8.33. The number of guanidine groups is 1. The summed E-state index contributed by atoms with van der Waals surface area (Å²) in [6.07, 6.45) is 8.01. The van der Waals surface area contributed by atoms with Crippen molar-refractivity contribution < 1.29 is 4.79 Å². The van der Waals surface area contributed by atoms with E-state index in [1.807, 2.05) is 4.90 Å². The molecule has 0 radical (unpaired) electrons. The number of aryl methyl sites for hydroxylation is 1. The lowest BCUT2D eigenvalue weighted by Gasteiger charge is -2.20. The second kappa shape index (κ2) is 12.8. The van der Waals surface area contributed by atoms with Crippen molar-refractivity contribution in [2.24, 2.45) is 4.99 Å². The number of H-pyrrole nitrogens is 1. The molecule has 0 saturated carbocycles. The Morgan fingerprint density at radius 2 is 2.10 bits per heavy atom. The van der Waals surface area contributed by atoms with E-state index >= 15 is 0 Å². The zero-order valence-corrected chi connectivity index (χ0v) is 20.6. The summed E-state index contributed by atoms with van der Waals surface area (Å²) in [5, 5.41) is 8.06. The number of carbonyl (C=O) groups is 1. The smallest absolute Gasteiger partial charge is 0.222 e. The van der Waals surface area contributed by atoms with Gasteiger partial charge in [-0.1, -0.05) is 24.6 Å². The van der Waals surface area contributed by atoms with Gasteiger partial charge in [0.05, 0.1) is 0 Å². The van der Waals surface area contributed by atoms with E-state index in [1.54, 1.807) is 0 Å². The molecule has 0 aliphatic carbocycles. The Hall–Kier alpha value is -1.77. The first-order chi connectivity index (χ1) is 14.2. The summed E-state index contributed by atoms with van der Waals surface area (Å²) in [5.41, 5.74) is 3.83. The number of aromatic nitrogens is 1. The van der Waals surface area contributed by atoms with E-state index in [9.17, 15) is 4.79 Å². The predicted molar refractivity (Wildman–Crippen MR) is 136 cm³/mol. The molecule has 1 aliphatic heterocycles. The number of para-hydroxylation sites is 1. The van der Waals surface area contributed by atoms with Crippen LogP contribution in [0.5, 0.6) is 0 Å². The van der Waals surface area contributed by atoms with Gasteiger partial charge in [0.15, 0.2) is 5.96 Å². The third kappa shape index (κ3) is 6.89. The Bertz CT molecular complexity index is 832. The number of hydrogen-bond acceptors (Lipinski definition) is 2. The summed E-state index contributed by atoms with van der Waals surface area (Å²) in [7, 11) is 0. The molecular formula is C23H36IN5O. The van der Waals surface area contributed by atoms with Crippen LogP contribution in [0, 0.1) is 6.92 Å². The highest BCUT2D eigenvalue weighted by molar-refractivity contribution is 14.0. The molecule has 0 spiro atoms. The zero-order valence-electron chi connectivity index (χ0n) is 18.3. The van der Waals surface area contributed by atoms with Gasteiger partial charge in [-0.2, -0.15) is 0 Å². The van der Waals surface area contributed by atoms with Crippen molar-refractivity contribution in [3.05, 3.63) is 35.5 Å². The Morgan fingerprint density at radius 1 is 1.23 bits per heavy atom. The molecule has 1 amide bonds. The number of aliphatic imine (C=N–C) groups is 1. The van der Waals surface area contributed by atoms with Crippen LogP contribution in [0.1, 0.15) is 50.2 Å². The summed E-state index contributed by atoms with van der Waals surface area (Å²) in [5.74, 6) is 1.16. The molecule has 1 fully saturated rings. The molecule has 30 heavy (non-hydrogen) atoms. The molecule has 1 aromatic carbocycles. The highest BCUT2D eigenvalue weighted by Gasteiger charge is 2.15. The summed E-state index contributed by atoms with van der Waals surface area (Å²) in [4.78, 5) is 22.2. The minimum absolute atomic E-state index is 0. The Kier molecular flexibility index (Phi) is 10.5. The second-order valence-electron chi connectivity index (χ2n) is 7.79. The Morgan fingerprint density at radius 3 is 2.93 bits per heavy atom. The van der Waals surface area contributed by atoms with Gasteiger partial charge in [-0.25, -0.2) is 0 Å². The summed E-state index contributed by atoms with van der Waals surface area (Å²) >= 11 is 0. The third-order valence-corrected chi connectivity index (χ3v) is 5.57. The van der Waals surface area contributed by atoms with Gasteiger partial charge in [-0.15, -0.1) is 24.0 Å². The van der Waals surface area contributed by atoms with E-state index in [0.29, 0.717) is 12.3 Å².